The highest BCUT2D eigenvalue weighted by Gasteiger charge is 2.22. The van der Waals surface area contributed by atoms with Crippen LogP contribution in [0.4, 0.5) is 21.2 Å². The molecule has 0 aliphatic rings. The molecule has 2 aromatic carbocycles. The molecular weight excluding hydrogens is 754 g/mol. The standard InChI is InChI=1S/C40H48FN7O4S2Si/c1-10-51-38(49)36-34(22-27(2)25-52-32-18-17-29(24-30(32)41)14-13-19-46(4)5)54-39(42-36)47(6)35-23-28(3)37(45-44-35)43-40-48(26-50-20-21-55(7,8)9)31-15-11-12-16-33(31)53-40/h11-12,15-18,22-24H,10,19-21,25-26H2,1-9H3/b27-22+,43-40?. The second kappa shape index (κ2) is 18.7. The van der Waals surface area contributed by atoms with Gasteiger partial charge >= 0.3 is 5.97 Å². The molecular formula is C40H48FN7O4S2Si. The Morgan fingerprint density at radius 1 is 1.09 bits per heavy atom. The van der Waals surface area contributed by atoms with Gasteiger partial charge < -0.3 is 19.1 Å². The Balaban J connectivity index is 1.36. The van der Waals surface area contributed by atoms with E-state index in [4.69, 9.17) is 19.2 Å². The van der Waals surface area contributed by atoms with Gasteiger partial charge in [-0.15, -0.1) is 10.2 Å². The van der Waals surface area contributed by atoms with Crippen LogP contribution in [0.15, 0.2) is 59.1 Å². The van der Waals surface area contributed by atoms with Crippen LogP contribution >= 0.6 is 22.7 Å². The van der Waals surface area contributed by atoms with Crippen molar-refractivity contribution in [3.05, 3.63) is 86.4 Å². The number of rotatable bonds is 15. The van der Waals surface area contributed by atoms with Crippen LogP contribution < -0.4 is 14.4 Å². The molecule has 3 heterocycles. The van der Waals surface area contributed by atoms with Crippen LogP contribution in [0.3, 0.4) is 0 Å². The Bertz CT molecular complexity index is 2300. The number of aromatic nitrogens is 4. The van der Waals surface area contributed by atoms with Crippen molar-refractivity contribution in [2.75, 3.05) is 52.4 Å². The van der Waals surface area contributed by atoms with Crippen molar-refractivity contribution in [2.45, 2.75) is 53.2 Å². The molecule has 55 heavy (non-hydrogen) atoms. The highest BCUT2D eigenvalue weighted by Crippen LogP contribution is 2.33. The number of fused-ring (bicyclic) bond motifs is 1. The second-order valence-electron chi connectivity index (χ2n) is 14.4. The lowest BCUT2D eigenvalue weighted by molar-refractivity contribution is 0.0520. The number of hydrogen-bond acceptors (Lipinski definition) is 12. The number of carbonyl (C=O) groups is 1. The molecule has 0 atom stereocenters. The van der Waals surface area contributed by atoms with Crippen LogP contribution in [0.2, 0.25) is 25.7 Å². The van der Waals surface area contributed by atoms with Gasteiger partial charge in [-0.2, -0.15) is 4.99 Å². The van der Waals surface area contributed by atoms with Gasteiger partial charge in [0.15, 0.2) is 38.8 Å². The fraction of sp³-hybridized carbons (Fsp3) is 0.375. The van der Waals surface area contributed by atoms with Crippen molar-refractivity contribution in [3.63, 3.8) is 0 Å². The third-order valence-corrected chi connectivity index (χ3v) is 11.9. The molecule has 0 spiro atoms. The average molecular weight is 802 g/mol. The normalized spacial score (nSPS) is 12.3. The van der Waals surface area contributed by atoms with E-state index in [1.807, 2.05) is 58.1 Å². The van der Waals surface area contributed by atoms with Gasteiger partial charge in [0.05, 0.1) is 28.2 Å². The van der Waals surface area contributed by atoms with E-state index in [0.29, 0.717) is 47.1 Å². The van der Waals surface area contributed by atoms with E-state index in [-0.39, 0.29) is 24.7 Å². The summed E-state index contributed by atoms with van der Waals surface area (Å²) in [5, 5.41) is 9.52. The minimum Gasteiger partial charge on any atom is -0.486 e. The third-order valence-electron chi connectivity index (χ3n) is 8.09. The Hall–Kier alpha value is -4.72. The fourth-order valence-corrected chi connectivity index (χ4v) is 7.88. The molecule has 0 aliphatic heterocycles. The molecule has 15 heteroatoms. The van der Waals surface area contributed by atoms with Gasteiger partial charge in [0.1, 0.15) is 13.3 Å². The number of para-hydroxylation sites is 1. The maximum absolute atomic E-state index is 14.8. The zero-order valence-electron chi connectivity index (χ0n) is 32.9. The lowest BCUT2D eigenvalue weighted by atomic mass is 10.2. The molecule has 0 saturated heterocycles. The van der Waals surface area contributed by atoms with Gasteiger partial charge in [0.2, 0.25) is 0 Å². The lowest BCUT2D eigenvalue weighted by Gasteiger charge is -2.16. The van der Waals surface area contributed by atoms with Crippen molar-refractivity contribution in [2.24, 2.45) is 4.99 Å². The van der Waals surface area contributed by atoms with Crippen LogP contribution in [-0.4, -0.2) is 86.2 Å². The molecule has 0 N–H and O–H groups in total. The van der Waals surface area contributed by atoms with E-state index in [9.17, 15) is 9.18 Å². The Morgan fingerprint density at radius 3 is 2.58 bits per heavy atom. The number of benzene rings is 2. The maximum atomic E-state index is 14.8. The number of hydrogen-bond donors (Lipinski definition) is 0. The topological polar surface area (TPSA) is 107 Å². The fourth-order valence-electron chi connectivity index (χ4n) is 5.05. The van der Waals surface area contributed by atoms with E-state index < -0.39 is 19.9 Å². The lowest BCUT2D eigenvalue weighted by Crippen LogP contribution is -2.23. The molecule has 5 rings (SSSR count). The smallest absolute Gasteiger partial charge is 0.358 e. The zero-order chi connectivity index (χ0) is 39.7. The molecule has 0 bridgehead atoms. The first-order valence-corrected chi connectivity index (χ1v) is 23.3. The number of halogens is 1. The molecule has 5 aromatic rings. The quantitative estimate of drug-likeness (QED) is 0.0448. The number of anilines is 2. The van der Waals surface area contributed by atoms with E-state index in [1.54, 1.807) is 41.4 Å². The summed E-state index contributed by atoms with van der Waals surface area (Å²) in [6.07, 6.45) is 1.80. The summed E-state index contributed by atoms with van der Waals surface area (Å²) >= 11 is 2.87. The predicted molar refractivity (Wildman–Crippen MR) is 223 cm³/mol. The van der Waals surface area contributed by atoms with Crippen molar-refractivity contribution in [1.29, 1.82) is 0 Å². The number of ether oxygens (including phenoxy) is 3. The Morgan fingerprint density at radius 2 is 1.87 bits per heavy atom. The van der Waals surface area contributed by atoms with Crippen LogP contribution in [-0.2, 0) is 16.2 Å². The minimum absolute atomic E-state index is 0.0912. The predicted octanol–water partition coefficient (Wildman–Crippen LogP) is 8.28. The highest BCUT2D eigenvalue weighted by atomic mass is 32.1. The largest absolute Gasteiger partial charge is 0.486 e. The monoisotopic (exact) mass is 801 g/mol. The van der Waals surface area contributed by atoms with E-state index >= 15 is 0 Å². The molecule has 0 radical (unpaired) electrons. The van der Waals surface area contributed by atoms with E-state index in [0.717, 1.165) is 32.2 Å². The first kappa shape index (κ1) is 41.4. The molecule has 0 fully saturated rings. The third kappa shape index (κ3) is 11.4. The second-order valence-corrected chi connectivity index (χ2v) is 22.0. The first-order valence-electron chi connectivity index (χ1n) is 17.9. The maximum Gasteiger partial charge on any atom is 0.358 e. The molecule has 11 nitrogen and oxygen atoms in total. The van der Waals surface area contributed by atoms with Gasteiger partial charge in [-0.3, -0.25) is 9.47 Å². The van der Waals surface area contributed by atoms with Gasteiger partial charge in [-0.25, -0.2) is 14.2 Å². The van der Waals surface area contributed by atoms with E-state index in [2.05, 4.69) is 63.4 Å². The van der Waals surface area contributed by atoms with E-state index in [1.165, 1.54) is 17.4 Å². The number of aryl methyl sites for hydroxylation is 1. The zero-order valence-corrected chi connectivity index (χ0v) is 35.5. The summed E-state index contributed by atoms with van der Waals surface area (Å²) in [5.41, 5.74) is 3.35. The molecule has 0 amide bonds. The summed E-state index contributed by atoms with van der Waals surface area (Å²) in [4.78, 5) is 27.6. The van der Waals surface area contributed by atoms with Crippen LogP contribution in [0, 0.1) is 24.6 Å². The molecule has 0 saturated carbocycles. The van der Waals surface area contributed by atoms with Crippen LogP contribution in [0.5, 0.6) is 5.75 Å². The summed E-state index contributed by atoms with van der Waals surface area (Å²) in [6.45, 7) is 14.5. The number of esters is 1. The number of nitrogens with zero attached hydrogens (tertiary/aromatic N) is 7. The summed E-state index contributed by atoms with van der Waals surface area (Å²) < 4.78 is 35.2. The molecule has 290 valence electrons. The van der Waals surface area contributed by atoms with Crippen molar-refractivity contribution >= 4 is 69.8 Å². The van der Waals surface area contributed by atoms with Crippen molar-refractivity contribution in [1.82, 2.24) is 24.6 Å². The van der Waals surface area contributed by atoms with Crippen LogP contribution in [0.1, 0.15) is 40.3 Å². The highest BCUT2D eigenvalue weighted by molar-refractivity contribution is 7.17. The Kier molecular flexibility index (Phi) is 14.1. The molecule has 0 unspecified atom stereocenters. The SMILES string of the molecule is CCOC(=O)c1nc(N(C)c2cc(C)c(N=c3sc4ccccc4n3COCC[Si](C)(C)C)nn2)sc1/C=C(\C)COc1ccc(C#CCN(C)C)cc1F. The summed E-state index contributed by atoms with van der Waals surface area (Å²) in [7, 11) is 4.43. The average Bonchev–Trinajstić information content (AvgIpc) is 3.71. The summed E-state index contributed by atoms with van der Waals surface area (Å²) in [5.74, 6) is 6.04. The van der Waals surface area contributed by atoms with Crippen LogP contribution in [0.25, 0.3) is 16.3 Å². The Labute approximate surface area is 331 Å². The van der Waals surface area contributed by atoms with Gasteiger partial charge in [-0.1, -0.05) is 66.3 Å². The van der Waals surface area contributed by atoms with Gasteiger partial charge in [0, 0.05) is 27.3 Å². The van der Waals surface area contributed by atoms with Gasteiger partial charge in [0.25, 0.3) is 0 Å². The van der Waals surface area contributed by atoms with Crippen molar-refractivity contribution < 1.29 is 23.4 Å². The van der Waals surface area contributed by atoms with Gasteiger partial charge in [-0.05, 0) is 94.5 Å². The summed E-state index contributed by atoms with van der Waals surface area (Å²) in [6, 6.07) is 15.8. The van der Waals surface area contributed by atoms with Crippen molar-refractivity contribution in [3.8, 4) is 17.6 Å². The number of carbonyl (C=O) groups excluding carboxylic acids is 1. The minimum atomic E-state index is -1.22. The first-order chi connectivity index (χ1) is 26.2. The molecule has 0 aliphatic carbocycles. The molecule has 3 aromatic heterocycles. The number of thiazole rings is 2.